The van der Waals surface area contributed by atoms with Gasteiger partial charge in [-0.2, -0.15) is 0 Å². The minimum Gasteiger partial charge on any atom is -0.378 e. The van der Waals surface area contributed by atoms with Crippen molar-refractivity contribution in [1.82, 2.24) is 25.6 Å². The molecule has 15 heteroatoms. The summed E-state index contributed by atoms with van der Waals surface area (Å²) in [6, 6.07) is 0.454. The Labute approximate surface area is 244 Å². The molecule has 4 heterocycles. The van der Waals surface area contributed by atoms with E-state index in [0.29, 0.717) is 26.5 Å². The Morgan fingerprint density at radius 2 is 2.00 bits per heavy atom. The Bertz CT molecular complexity index is 925. The van der Waals surface area contributed by atoms with E-state index in [-0.39, 0.29) is 40.5 Å². The summed E-state index contributed by atoms with van der Waals surface area (Å²) in [6.07, 6.45) is 4.98. The van der Waals surface area contributed by atoms with Crippen LogP contribution >= 0.6 is 23.7 Å². The maximum atomic E-state index is 12.9. The highest BCUT2D eigenvalue weighted by Gasteiger charge is 2.49. The van der Waals surface area contributed by atoms with Gasteiger partial charge in [-0.25, -0.2) is 0 Å². The molecule has 5 aliphatic rings. The van der Waals surface area contributed by atoms with Gasteiger partial charge in [-0.05, 0) is 19.3 Å². The van der Waals surface area contributed by atoms with Crippen LogP contribution in [0.2, 0.25) is 0 Å². The smallest absolute Gasteiger partial charge is 0.226 e. The number of primary amides is 1. The number of nitrogens with one attached hydrogen (secondary N) is 4. The second kappa shape index (κ2) is 14.0. The SMILES string of the molecule is NC(=O)C(C(N)N)C(NCN[C@H]1CCCC[C@H]1N)NC1CC(C2COC3C(=O)C=C(N4CCOCC4)SC32)NS1. The number of morpholine rings is 1. The number of hydrogen-bond donors (Lipinski definition) is 8. The fourth-order valence-corrected chi connectivity index (χ4v) is 9.04. The van der Waals surface area contributed by atoms with Crippen molar-refractivity contribution in [2.24, 2.45) is 34.8 Å². The van der Waals surface area contributed by atoms with Crippen LogP contribution in [0.4, 0.5) is 0 Å². The van der Waals surface area contributed by atoms with Crippen molar-refractivity contribution >= 4 is 35.4 Å². The number of nitrogens with zero attached hydrogens (tertiary/aromatic N) is 1. The van der Waals surface area contributed by atoms with Crippen LogP contribution in [-0.2, 0) is 19.1 Å². The van der Waals surface area contributed by atoms with Crippen LogP contribution in [0.1, 0.15) is 32.1 Å². The average molecular weight is 600 g/mol. The van der Waals surface area contributed by atoms with Crippen molar-refractivity contribution in [1.29, 1.82) is 0 Å². The first kappa shape index (κ1) is 30.5. The molecule has 12 N–H and O–H groups in total. The lowest BCUT2D eigenvalue weighted by Crippen LogP contribution is -2.63. The minimum absolute atomic E-state index is 0.0300. The number of carbonyl (C=O) groups is 2. The molecule has 40 heavy (non-hydrogen) atoms. The molecule has 226 valence electrons. The minimum atomic E-state index is -0.923. The fourth-order valence-electron chi connectivity index (χ4n) is 6.33. The predicted octanol–water partition coefficient (Wildman–Crippen LogP) is -2.14. The lowest BCUT2D eigenvalue weighted by Gasteiger charge is -2.36. The van der Waals surface area contributed by atoms with E-state index in [1.165, 1.54) is 0 Å². The van der Waals surface area contributed by atoms with Crippen LogP contribution in [0.25, 0.3) is 0 Å². The second-order valence-corrected chi connectivity index (χ2v) is 13.6. The van der Waals surface area contributed by atoms with Crippen LogP contribution < -0.4 is 43.6 Å². The molecule has 0 aromatic rings. The fraction of sp³-hybridized carbons (Fsp3) is 0.840. The molecule has 9 atom stereocenters. The Morgan fingerprint density at radius 1 is 1.23 bits per heavy atom. The maximum Gasteiger partial charge on any atom is 0.226 e. The highest BCUT2D eigenvalue weighted by molar-refractivity contribution is 8.03. The van der Waals surface area contributed by atoms with Gasteiger partial charge in [0, 0.05) is 49.9 Å². The molecule has 1 saturated carbocycles. The number of hydrogen-bond acceptors (Lipinski definition) is 14. The van der Waals surface area contributed by atoms with E-state index in [2.05, 4.69) is 25.6 Å². The lowest BCUT2D eigenvalue weighted by molar-refractivity contribution is -0.124. The Hall–Kier alpha value is -0.980. The molecule has 0 bridgehead atoms. The van der Waals surface area contributed by atoms with Crippen LogP contribution in [-0.4, -0.2) is 103 Å². The number of amides is 1. The summed E-state index contributed by atoms with van der Waals surface area (Å²) in [5, 5.41) is 11.4. The molecule has 0 aromatic carbocycles. The van der Waals surface area contributed by atoms with Crippen LogP contribution in [0.5, 0.6) is 0 Å². The van der Waals surface area contributed by atoms with E-state index in [4.69, 9.17) is 32.4 Å². The van der Waals surface area contributed by atoms with Gasteiger partial charge in [0.25, 0.3) is 0 Å². The van der Waals surface area contributed by atoms with Crippen LogP contribution in [0.3, 0.4) is 0 Å². The third kappa shape index (κ3) is 7.14. The van der Waals surface area contributed by atoms with E-state index in [0.717, 1.165) is 50.2 Å². The molecular formula is C25H45N9O4S2. The Morgan fingerprint density at radius 3 is 2.73 bits per heavy atom. The van der Waals surface area contributed by atoms with Gasteiger partial charge in [-0.1, -0.05) is 24.8 Å². The van der Waals surface area contributed by atoms with Gasteiger partial charge >= 0.3 is 0 Å². The maximum absolute atomic E-state index is 12.9. The number of thioether (sulfide) groups is 1. The van der Waals surface area contributed by atoms with Crippen molar-refractivity contribution in [3.63, 3.8) is 0 Å². The molecule has 7 unspecified atom stereocenters. The van der Waals surface area contributed by atoms with Crippen molar-refractivity contribution in [2.75, 3.05) is 39.6 Å². The van der Waals surface area contributed by atoms with Gasteiger partial charge in [-0.3, -0.25) is 24.9 Å². The third-order valence-electron chi connectivity index (χ3n) is 8.63. The summed E-state index contributed by atoms with van der Waals surface area (Å²) in [5.74, 6) is -1.17. The Balaban J connectivity index is 1.19. The zero-order valence-electron chi connectivity index (χ0n) is 22.8. The first-order valence-corrected chi connectivity index (χ1v) is 16.1. The van der Waals surface area contributed by atoms with Crippen molar-refractivity contribution in [2.45, 2.75) is 79.3 Å². The molecule has 0 spiro atoms. The first-order chi connectivity index (χ1) is 19.3. The molecule has 13 nitrogen and oxygen atoms in total. The molecular weight excluding hydrogens is 554 g/mol. The first-order valence-electron chi connectivity index (χ1n) is 14.4. The number of carbonyl (C=O) groups excluding carboxylic acids is 2. The van der Waals surface area contributed by atoms with Gasteiger partial charge in [-0.15, -0.1) is 11.8 Å². The van der Waals surface area contributed by atoms with E-state index < -0.39 is 30.3 Å². The highest BCUT2D eigenvalue weighted by Crippen LogP contribution is 2.44. The standard InChI is InChI=1S/C25H45N9O4S2/c26-14-3-1-2-4-15(14)30-12-31-25(20(23(27)28)24(29)36)32-18-9-16(33-40-18)13-11-38-21-17(35)10-19(39-22(13)21)34-5-7-37-8-6-34/h10,13-16,18,20-23,25,30-33H,1-9,11-12,26-28H2,(H2,29,36)/t13?,14-,15+,16?,18?,20?,21?,22?,25?/m1/s1. The topological polar surface area (TPSA) is 208 Å². The van der Waals surface area contributed by atoms with Crippen molar-refractivity contribution in [3.05, 3.63) is 11.1 Å². The molecule has 1 amide bonds. The summed E-state index contributed by atoms with van der Waals surface area (Å²) >= 11 is 3.32. The van der Waals surface area contributed by atoms with Gasteiger partial charge in [0.15, 0.2) is 5.78 Å². The summed E-state index contributed by atoms with van der Waals surface area (Å²) in [5.41, 5.74) is 24.0. The quantitative estimate of drug-likeness (QED) is 0.0942. The summed E-state index contributed by atoms with van der Waals surface area (Å²) in [7, 11) is 0. The number of nitrogens with two attached hydrogens (primary N) is 4. The number of ketones is 1. The second-order valence-electron chi connectivity index (χ2n) is 11.3. The normalized spacial score (nSPS) is 36.4. The number of fused-ring (bicyclic) bond motifs is 1. The van der Waals surface area contributed by atoms with Gasteiger partial charge in [0.2, 0.25) is 5.91 Å². The summed E-state index contributed by atoms with van der Waals surface area (Å²) < 4.78 is 15.1. The largest absolute Gasteiger partial charge is 0.378 e. The third-order valence-corrected chi connectivity index (χ3v) is 11.2. The van der Waals surface area contributed by atoms with E-state index in [9.17, 15) is 9.59 Å². The lowest BCUT2D eigenvalue weighted by atomic mass is 9.91. The van der Waals surface area contributed by atoms with E-state index in [1.807, 2.05) is 0 Å². The molecule has 0 radical (unpaired) electrons. The molecule has 5 rings (SSSR count). The summed E-state index contributed by atoms with van der Waals surface area (Å²) in [6.45, 7) is 3.89. The molecule has 0 aromatic heterocycles. The van der Waals surface area contributed by atoms with Crippen LogP contribution in [0.15, 0.2) is 11.1 Å². The Kier molecular flexibility index (Phi) is 10.7. The number of rotatable bonds is 11. The van der Waals surface area contributed by atoms with E-state index in [1.54, 1.807) is 29.8 Å². The van der Waals surface area contributed by atoms with Gasteiger partial charge in [0.05, 0.1) is 53.7 Å². The average Bonchev–Trinajstić information content (AvgIpc) is 3.57. The van der Waals surface area contributed by atoms with Crippen molar-refractivity contribution in [3.8, 4) is 0 Å². The zero-order chi connectivity index (χ0) is 28.2. The van der Waals surface area contributed by atoms with Crippen molar-refractivity contribution < 1.29 is 19.1 Å². The van der Waals surface area contributed by atoms with E-state index >= 15 is 0 Å². The predicted molar refractivity (Wildman–Crippen MR) is 156 cm³/mol. The monoisotopic (exact) mass is 599 g/mol. The highest BCUT2D eigenvalue weighted by atomic mass is 32.2. The van der Waals surface area contributed by atoms with Gasteiger partial charge in [0.1, 0.15) is 6.10 Å². The summed E-state index contributed by atoms with van der Waals surface area (Å²) in [4.78, 5) is 27.5. The molecule has 3 saturated heterocycles. The molecule has 4 aliphatic heterocycles. The molecule has 4 fully saturated rings. The van der Waals surface area contributed by atoms with Gasteiger partial charge < -0.3 is 42.6 Å². The molecule has 1 aliphatic carbocycles. The van der Waals surface area contributed by atoms with Crippen LogP contribution in [0, 0.1) is 11.8 Å². The zero-order valence-corrected chi connectivity index (χ0v) is 24.5. The number of ether oxygens (including phenoxy) is 2.